The number of benzene rings is 2. The van der Waals surface area contributed by atoms with Gasteiger partial charge in [0.2, 0.25) is 5.69 Å². The fourth-order valence-electron chi connectivity index (χ4n) is 2.30. The summed E-state index contributed by atoms with van der Waals surface area (Å²) in [6.45, 7) is 0. The lowest BCUT2D eigenvalue weighted by Gasteiger charge is -2.06. The standard InChI is InChI=1S/C15H7F4NO2/c16-10-3-1-2-8(6-10)13-14(21)11-7-9(15(17,18)19)4-5-12(11)20(13)22/h1-7H. The number of hydrogen-bond acceptors (Lipinski definition) is 2. The van der Waals surface area contributed by atoms with Crippen LogP contribution in [0.2, 0.25) is 0 Å². The van der Waals surface area contributed by atoms with Crippen molar-refractivity contribution in [2.45, 2.75) is 6.18 Å². The highest BCUT2D eigenvalue weighted by Crippen LogP contribution is 2.35. The summed E-state index contributed by atoms with van der Waals surface area (Å²) in [5.74, 6) is -1.51. The number of ketones is 1. The second kappa shape index (κ2) is 4.66. The van der Waals surface area contributed by atoms with Gasteiger partial charge < -0.3 is 5.21 Å². The molecule has 1 heterocycles. The number of fused-ring (bicyclic) bond motifs is 1. The number of rotatable bonds is 1. The Morgan fingerprint density at radius 2 is 1.77 bits per heavy atom. The van der Waals surface area contributed by atoms with Crippen LogP contribution >= 0.6 is 0 Å². The maximum absolute atomic E-state index is 13.2. The normalized spacial score (nSPS) is 14.5. The summed E-state index contributed by atoms with van der Waals surface area (Å²) in [6, 6.07) is 7.07. The van der Waals surface area contributed by atoms with E-state index in [4.69, 9.17) is 0 Å². The maximum Gasteiger partial charge on any atom is 0.416 e. The Kier molecular flexibility index (Phi) is 3.01. The van der Waals surface area contributed by atoms with Gasteiger partial charge in [-0.1, -0.05) is 6.07 Å². The summed E-state index contributed by atoms with van der Waals surface area (Å²) >= 11 is 0. The fraction of sp³-hybridized carbons (Fsp3) is 0.0667. The molecule has 1 aliphatic heterocycles. The van der Waals surface area contributed by atoms with E-state index < -0.39 is 29.1 Å². The maximum atomic E-state index is 13.2. The van der Waals surface area contributed by atoms with Crippen molar-refractivity contribution in [2.24, 2.45) is 0 Å². The number of hydrogen-bond donors (Lipinski definition) is 0. The van der Waals surface area contributed by atoms with Gasteiger partial charge in [-0.3, -0.25) is 4.79 Å². The Morgan fingerprint density at radius 3 is 2.41 bits per heavy atom. The largest absolute Gasteiger partial charge is 0.618 e. The minimum absolute atomic E-state index is 0.0183. The fourth-order valence-corrected chi connectivity index (χ4v) is 2.30. The van der Waals surface area contributed by atoms with Crippen LogP contribution in [-0.4, -0.2) is 16.2 Å². The second-order valence-corrected chi connectivity index (χ2v) is 4.71. The van der Waals surface area contributed by atoms with Gasteiger partial charge in [-0.25, -0.2) is 4.39 Å². The smallest absolute Gasteiger partial charge is 0.416 e. The molecule has 112 valence electrons. The molecule has 0 spiro atoms. The van der Waals surface area contributed by atoms with Gasteiger partial charge in [0, 0.05) is 6.07 Å². The second-order valence-electron chi connectivity index (χ2n) is 4.71. The summed E-state index contributed by atoms with van der Waals surface area (Å²) in [7, 11) is 0. The van der Waals surface area contributed by atoms with Crippen LogP contribution in [-0.2, 0) is 6.18 Å². The molecule has 0 unspecified atom stereocenters. The average Bonchev–Trinajstić information content (AvgIpc) is 2.69. The summed E-state index contributed by atoms with van der Waals surface area (Å²) < 4.78 is 51.5. The van der Waals surface area contributed by atoms with E-state index in [0.29, 0.717) is 6.07 Å². The van der Waals surface area contributed by atoms with Gasteiger partial charge in [0.25, 0.3) is 11.5 Å². The molecule has 0 fully saturated rings. The molecule has 0 saturated carbocycles. The molecule has 22 heavy (non-hydrogen) atoms. The van der Waals surface area contributed by atoms with Gasteiger partial charge in [-0.2, -0.15) is 17.9 Å². The monoisotopic (exact) mass is 309 g/mol. The number of alkyl halides is 3. The third-order valence-corrected chi connectivity index (χ3v) is 3.30. The Hall–Kier alpha value is -2.70. The number of halogens is 4. The number of carbonyl (C=O) groups is 1. The molecule has 0 radical (unpaired) electrons. The van der Waals surface area contributed by atoms with Crippen molar-refractivity contribution in [2.75, 3.05) is 0 Å². The van der Waals surface area contributed by atoms with E-state index in [-0.39, 0.29) is 21.6 Å². The highest BCUT2D eigenvalue weighted by molar-refractivity contribution is 6.52. The van der Waals surface area contributed by atoms with Crippen LogP contribution in [0.3, 0.4) is 0 Å². The lowest BCUT2D eigenvalue weighted by Crippen LogP contribution is -2.16. The molecular formula is C15H7F4NO2. The van der Waals surface area contributed by atoms with Crippen LogP contribution < -0.4 is 0 Å². The zero-order chi connectivity index (χ0) is 16.1. The quantitative estimate of drug-likeness (QED) is 0.458. The van der Waals surface area contributed by atoms with E-state index in [1.807, 2.05) is 0 Å². The van der Waals surface area contributed by atoms with Crippen molar-refractivity contribution in [1.82, 2.24) is 0 Å². The van der Waals surface area contributed by atoms with Crippen molar-refractivity contribution in [3.05, 3.63) is 70.2 Å². The number of Topliss-reactive ketones (excluding diaryl/α,β-unsaturated/α-hetero) is 1. The molecule has 0 saturated heterocycles. The van der Waals surface area contributed by atoms with Gasteiger partial charge in [-0.15, -0.1) is 0 Å². The first-order chi connectivity index (χ1) is 10.3. The third-order valence-electron chi connectivity index (χ3n) is 3.30. The first kappa shape index (κ1) is 14.2. The van der Waals surface area contributed by atoms with Crippen molar-refractivity contribution >= 4 is 17.2 Å². The van der Waals surface area contributed by atoms with E-state index in [1.165, 1.54) is 12.1 Å². The third kappa shape index (κ3) is 2.14. The molecule has 0 N–H and O–H groups in total. The van der Waals surface area contributed by atoms with E-state index in [2.05, 4.69) is 0 Å². The lowest BCUT2D eigenvalue weighted by atomic mass is 10.0. The lowest BCUT2D eigenvalue weighted by molar-refractivity contribution is -0.355. The van der Waals surface area contributed by atoms with Crippen LogP contribution in [0.15, 0.2) is 42.5 Å². The van der Waals surface area contributed by atoms with Crippen LogP contribution in [0.25, 0.3) is 0 Å². The molecule has 3 rings (SSSR count). The summed E-state index contributed by atoms with van der Waals surface area (Å²) in [5, 5.41) is 12.1. The van der Waals surface area contributed by atoms with Gasteiger partial charge in [0.1, 0.15) is 11.4 Å². The van der Waals surface area contributed by atoms with Gasteiger partial charge in [-0.05, 0) is 30.3 Å². The molecule has 0 bridgehead atoms. The molecule has 0 amide bonds. The molecule has 0 aromatic heterocycles. The molecular weight excluding hydrogens is 302 g/mol. The van der Waals surface area contributed by atoms with Crippen LogP contribution in [0, 0.1) is 11.0 Å². The van der Waals surface area contributed by atoms with Crippen LogP contribution in [0.4, 0.5) is 23.2 Å². The minimum Gasteiger partial charge on any atom is -0.618 e. The van der Waals surface area contributed by atoms with Crippen LogP contribution in [0.1, 0.15) is 21.5 Å². The van der Waals surface area contributed by atoms with E-state index in [9.17, 15) is 27.6 Å². The predicted octanol–water partition coefficient (Wildman–Crippen LogP) is 3.67. The van der Waals surface area contributed by atoms with Crippen molar-refractivity contribution in [3.63, 3.8) is 0 Å². The topological polar surface area (TPSA) is 43.1 Å². The first-order valence-corrected chi connectivity index (χ1v) is 6.15. The Balaban J connectivity index is 2.14. The SMILES string of the molecule is O=C1C(c2cccc(F)c2)=[N+]([O-])c2ccc(C(F)(F)F)cc21. The summed E-state index contributed by atoms with van der Waals surface area (Å²) in [4.78, 5) is 12.2. The zero-order valence-corrected chi connectivity index (χ0v) is 10.8. The van der Waals surface area contributed by atoms with Crippen molar-refractivity contribution < 1.29 is 27.1 Å². The summed E-state index contributed by atoms with van der Waals surface area (Å²) in [6.07, 6.45) is -4.62. The Bertz CT molecular complexity index is 825. The molecule has 0 aliphatic carbocycles. The molecule has 7 heteroatoms. The average molecular weight is 309 g/mol. The van der Waals surface area contributed by atoms with Crippen LogP contribution in [0.5, 0.6) is 0 Å². The molecule has 2 aromatic rings. The van der Waals surface area contributed by atoms with E-state index in [1.54, 1.807) is 0 Å². The van der Waals surface area contributed by atoms with E-state index >= 15 is 0 Å². The van der Waals surface area contributed by atoms with Crippen molar-refractivity contribution in [3.8, 4) is 0 Å². The van der Waals surface area contributed by atoms with Gasteiger partial charge in [0.15, 0.2) is 0 Å². The first-order valence-electron chi connectivity index (χ1n) is 6.15. The van der Waals surface area contributed by atoms with Gasteiger partial charge >= 0.3 is 6.18 Å². The zero-order valence-electron chi connectivity index (χ0n) is 10.8. The molecule has 0 atom stereocenters. The number of nitrogens with zero attached hydrogens (tertiary/aromatic N) is 1. The molecule has 2 aromatic carbocycles. The molecule has 1 aliphatic rings. The predicted molar refractivity (Wildman–Crippen MR) is 69.6 cm³/mol. The van der Waals surface area contributed by atoms with Crippen molar-refractivity contribution in [1.29, 1.82) is 0 Å². The minimum atomic E-state index is -4.62. The summed E-state index contributed by atoms with van der Waals surface area (Å²) in [5.41, 5.74) is -1.92. The Morgan fingerprint density at radius 1 is 1.05 bits per heavy atom. The number of carbonyl (C=O) groups excluding carboxylic acids is 1. The Labute approximate surface area is 121 Å². The van der Waals surface area contributed by atoms with E-state index in [0.717, 1.165) is 24.3 Å². The highest BCUT2D eigenvalue weighted by atomic mass is 19.4. The van der Waals surface area contributed by atoms with Gasteiger partial charge in [0.05, 0.1) is 11.1 Å². The highest BCUT2D eigenvalue weighted by Gasteiger charge is 2.40. The molecule has 3 nitrogen and oxygen atoms in total.